The number of hydrogen-bond acceptors (Lipinski definition) is 8. The molecule has 11 heteroatoms. The molecule has 1 aromatic heterocycles. The Hall–Kier alpha value is -4.02. The van der Waals surface area contributed by atoms with Crippen LogP contribution in [0.5, 0.6) is 17.2 Å². The van der Waals surface area contributed by atoms with Gasteiger partial charge < -0.3 is 14.2 Å². The van der Waals surface area contributed by atoms with E-state index in [-0.39, 0.29) is 11.3 Å². The van der Waals surface area contributed by atoms with Gasteiger partial charge in [-0.2, -0.15) is 5.10 Å². The number of nitrogens with zero attached hydrogens (tertiary/aromatic N) is 3. The number of carbonyl (C=O) groups excluding carboxylic acids is 1. The van der Waals surface area contributed by atoms with Gasteiger partial charge in [-0.1, -0.05) is 35.5 Å². The second kappa shape index (κ2) is 11.8. The van der Waals surface area contributed by atoms with Crippen LogP contribution in [0, 0.1) is 0 Å². The fraction of sp³-hybridized carbons (Fsp3) is 0.154. The summed E-state index contributed by atoms with van der Waals surface area (Å²) in [4.78, 5) is 30.5. The molecule has 3 aromatic carbocycles. The van der Waals surface area contributed by atoms with Crippen LogP contribution in [0.3, 0.4) is 0 Å². The molecule has 0 aliphatic rings. The van der Waals surface area contributed by atoms with Gasteiger partial charge in [-0.3, -0.25) is 14.2 Å². The van der Waals surface area contributed by atoms with Crippen LogP contribution in [0.25, 0.3) is 16.6 Å². The van der Waals surface area contributed by atoms with Gasteiger partial charge in [0.15, 0.2) is 5.16 Å². The van der Waals surface area contributed by atoms with Crippen LogP contribution < -0.4 is 25.2 Å². The van der Waals surface area contributed by atoms with Gasteiger partial charge in [0.05, 0.1) is 55.5 Å². The third-order valence-electron chi connectivity index (χ3n) is 5.30. The average Bonchev–Trinajstić information content (AvgIpc) is 2.92. The molecule has 4 aromatic rings. The van der Waals surface area contributed by atoms with E-state index in [4.69, 9.17) is 25.8 Å². The fourth-order valence-corrected chi connectivity index (χ4v) is 4.45. The molecule has 0 saturated carbocycles. The highest BCUT2D eigenvalue weighted by Gasteiger charge is 2.15. The largest absolute Gasteiger partial charge is 0.496 e. The number of thioether (sulfide) groups is 1. The number of hydrazone groups is 1. The fourth-order valence-electron chi connectivity index (χ4n) is 3.52. The summed E-state index contributed by atoms with van der Waals surface area (Å²) in [5, 5.41) is 5.42. The maximum Gasteiger partial charge on any atom is 0.266 e. The van der Waals surface area contributed by atoms with E-state index >= 15 is 0 Å². The molecule has 0 spiro atoms. The van der Waals surface area contributed by atoms with Gasteiger partial charge in [0.2, 0.25) is 0 Å². The zero-order valence-electron chi connectivity index (χ0n) is 20.2. The Morgan fingerprint density at radius 2 is 1.73 bits per heavy atom. The van der Waals surface area contributed by atoms with Gasteiger partial charge in [-0.05, 0) is 36.4 Å². The van der Waals surface area contributed by atoms with Crippen molar-refractivity contribution >= 4 is 46.4 Å². The lowest BCUT2D eigenvalue weighted by atomic mass is 10.2. The first-order chi connectivity index (χ1) is 17.9. The van der Waals surface area contributed by atoms with E-state index in [1.54, 1.807) is 60.7 Å². The van der Waals surface area contributed by atoms with E-state index in [1.807, 2.05) is 0 Å². The topological polar surface area (TPSA) is 104 Å². The summed E-state index contributed by atoms with van der Waals surface area (Å²) < 4.78 is 17.5. The van der Waals surface area contributed by atoms with E-state index in [2.05, 4.69) is 15.5 Å². The number of aromatic nitrogens is 2. The van der Waals surface area contributed by atoms with Crippen LogP contribution in [0.2, 0.25) is 5.02 Å². The highest BCUT2D eigenvalue weighted by atomic mass is 35.5. The molecular formula is C26H23ClN4O5S. The van der Waals surface area contributed by atoms with Crippen molar-refractivity contribution in [1.29, 1.82) is 0 Å². The minimum atomic E-state index is -0.391. The van der Waals surface area contributed by atoms with Crippen LogP contribution in [-0.2, 0) is 4.79 Å². The monoisotopic (exact) mass is 538 g/mol. The van der Waals surface area contributed by atoms with Crippen LogP contribution in [0.1, 0.15) is 5.56 Å². The first-order valence-electron chi connectivity index (χ1n) is 11.0. The first kappa shape index (κ1) is 26.1. The number of nitrogens with one attached hydrogen (secondary N) is 1. The minimum absolute atomic E-state index is 0.0351. The number of fused-ring (bicyclic) bond motifs is 1. The zero-order valence-corrected chi connectivity index (χ0v) is 21.8. The second-order valence-corrected chi connectivity index (χ2v) is 8.93. The molecule has 0 bridgehead atoms. The van der Waals surface area contributed by atoms with Crippen molar-refractivity contribution in [3.63, 3.8) is 0 Å². The predicted octanol–water partition coefficient (Wildman–Crippen LogP) is 4.31. The molecule has 4 rings (SSSR count). The minimum Gasteiger partial charge on any atom is -0.496 e. The molecular weight excluding hydrogens is 516 g/mol. The summed E-state index contributed by atoms with van der Waals surface area (Å²) in [7, 11) is 4.56. The van der Waals surface area contributed by atoms with Crippen molar-refractivity contribution in [2.75, 3.05) is 27.1 Å². The smallest absolute Gasteiger partial charge is 0.266 e. The molecule has 1 heterocycles. The van der Waals surface area contributed by atoms with Crippen molar-refractivity contribution in [2.24, 2.45) is 5.10 Å². The summed E-state index contributed by atoms with van der Waals surface area (Å²) in [6.07, 6.45) is 1.43. The number of benzene rings is 3. The average molecular weight is 539 g/mol. The number of para-hydroxylation sites is 1. The quantitative estimate of drug-likeness (QED) is 0.146. The summed E-state index contributed by atoms with van der Waals surface area (Å²) in [5.74, 6) is 1.07. The van der Waals surface area contributed by atoms with Gasteiger partial charge in [0.1, 0.15) is 17.2 Å². The summed E-state index contributed by atoms with van der Waals surface area (Å²) in [6.45, 7) is 0. The molecule has 37 heavy (non-hydrogen) atoms. The van der Waals surface area contributed by atoms with Crippen molar-refractivity contribution in [2.45, 2.75) is 5.16 Å². The highest BCUT2D eigenvalue weighted by molar-refractivity contribution is 7.99. The third-order valence-corrected chi connectivity index (χ3v) is 6.49. The van der Waals surface area contributed by atoms with Crippen LogP contribution in [0.4, 0.5) is 0 Å². The van der Waals surface area contributed by atoms with Crippen LogP contribution >= 0.6 is 23.4 Å². The zero-order chi connectivity index (χ0) is 26.4. The standard InChI is InChI=1S/C26H23ClN4O5S/c1-34-18-12-22(35-2)20(23(13-18)36-3)14-28-30-24(32)15-37-26-29-21-7-5-4-6-19(21)25(33)31(26)17-10-8-16(27)9-11-17/h4-14H,15H2,1-3H3,(H,30,32)/b28-14-. The number of hydrogen-bond donors (Lipinski definition) is 1. The number of methoxy groups -OCH3 is 3. The van der Waals surface area contributed by atoms with E-state index in [9.17, 15) is 9.59 Å². The molecule has 1 N–H and O–H groups in total. The Kier molecular flexibility index (Phi) is 8.32. The van der Waals surface area contributed by atoms with Gasteiger partial charge in [0.25, 0.3) is 11.5 Å². The van der Waals surface area contributed by atoms with Gasteiger partial charge in [-0.15, -0.1) is 0 Å². The molecule has 0 aliphatic heterocycles. The number of halogens is 1. The lowest BCUT2D eigenvalue weighted by molar-refractivity contribution is -0.118. The Labute approximate surface area is 222 Å². The van der Waals surface area contributed by atoms with E-state index in [0.29, 0.717) is 49.6 Å². The molecule has 0 unspecified atom stereocenters. The van der Waals surface area contributed by atoms with Crippen molar-refractivity contribution in [3.05, 3.63) is 81.6 Å². The molecule has 0 fully saturated rings. The highest BCUT2D eigenvalue weighted by Crippen LogP contribution is 2.32. The second-order valence-electron chi connectivity index (χ2n) is 7.56. The Morgan fingerprint density at radius 1 is 1.05 bits per heavy atom. The Bertz CT molecular complexity index is 1500. The summed E-state index contributed by atoms with van der Waals surface area (Å²) in [5.41, 5.74) is 3.91. The van der Waals surface area contributed by atoms with Crippen molar-refractivity contribution in [1.82, 2.24) is 15.0 Å². The maximum atomic E-state index is 13.3. The first-order valence-corrected chi connectivity index (χ1v) is 12.3. The lowest BCUT2D eigenvalue weighted by Gasteiger charge is -2.13. The SMILES string of the molecule is COc1cc(OC)c(/C=N\NC(=O)CSc2nc3ccccc3c(=O)n2-c2ccc(Cl)cc2)c(OC)c1. The molecule has 9 nitrogen and oxygen atoms in total. The maximum absolute atomic E-state index is 13.3. The van der Waals surface area contributed by atoms with E-state index in [1.165, 1.54) is 32.1 Å². The number of ether oxygens (including phenoxy) is 3. The summed E-state index contributed by atoms with van der Waals surface area (Å²) >= 11 is 7.14. The van der Waals surface area contributed by atoms with E-state index in [0.717, 1.165) is 11.8 Å². The Morgan fingerprint density at radius 3 is 2.38 bits per heavy atom. The number of carbonyl (C=O) groups is 1. The number of rotatable bonds is 9. The lowest BCUT2D eigenvalue weighted by Crippen LogP contribution is -2.24. The molecule has 1 amide bonds. The van der Waals surface area contributed by atoms with Crippen LogP contribution in [-0.4, -0.2) is 48.8 Å². The van der Waals surface area contributed by atoms with Gasteiger partial charge >= 0.3 is 0 Å². The third kappa shape index (κ3) is 5.87. The normalized spacial score (nSPS) is 11.0. The Balaban J connectivity index is 1.55. The van der Waals surface area contributed by atoms with Crippen molar-refractivity contribution < 1.29 is 19.0 Å². The molecule has 190 valence electrons. The summed E-state index contributed by atoms with van der Waals surface area (Å²) in [6, 6.07) is 17.3. The van der Waals surface area contributed by atoms with Gasteiger partial charge in [-0.25, -0.2) is 10.4 Å². The molecule has 0 aliphatic carbocycles. The number of amides is 1. The van der Waals surface area contributed by atoms with Crippen LogP contribution in [0.15, 0.2) is 75.7 Å². The molecule has 0 saturated heterocycles. The van der Waals surface area contributed by atoms with E-state index < -0.39 is 5.91 Å². The molecule has 0 radical (unpaired) electrons. The van der Waals surface area contributed by atoms with Crippen molar-refractivity contribution in [3.8, 4) is 22.9 Å². The van der Waals surface area contributed by atoms with Gasteiger partial charge in [0, 0.05) is 17.2 Å². The predicted molar refractivity (Wildman–Crippen MR) is 145 cm³/mol. The molecule has 0 atom stereocenters.